The summed E-state index contributed by atoms with van der Waals surface area (Å²) in [5.74, 6) is 0.719. The molecule has 0 amide bonds. The number of nitrogens with one attached hydrogen (secondary N) is 1. The molecular formula is C13H27NO2S. The van der Waals surface area contributed by atoms with Crippen molar-refractivity contribution in [3.05, 3.63) is 0 Å². The van der Waals surface area contributed by atoms with Crippen molar-refractivity contribution >= 4 is 9.84 Å². The zero-order valence-corrected chi connectivity index (χ0v) is 12.2. The highest BCUT2D eigenvalue weighted by Gasteiger charge is 2.28. The van der Waals surface area contributed by atoms with Crippen LogP contribution in [0.3, 0.4) is 0 Å². The molecule has 1 fully saturated rings. The highest BCUT2D eigenvalue weighted by Crippen LogP contribution is 2.28. The van der Waals surface area contributed by atoms with Crippen LogP contribution < -0.4 is 5.32 Å². The zero-order valence-electron chi connectivity index (χ0n) is 11.4. The Hall–Kier alpha value is -0.0900. The first-order valence-electron chi connectivity index (χ1n) is 6.87. The minimum atomic E-state index is -2.94. The minimum absolute atomic E-state index is 0.123. The Morgan fingerprint density at radius 3 is 2.29 bits per heavy atom. The van der Waals surface area contributed by atoms with Gasteiger partial charge in [-0.15, -0.1) is 0 Å². The second kappa shape index (κ2) is 6.74. The Labute approximate surface area is 106 Å². The summed E-state index contributed by atoms with van der Waals surface area (Å²) in [6.07, 6.45) is 8.90. The molecule has 17 heavy (non-hydrogen) atoms. The number of hydrogen-bond donors (Lipinski definition) is 1. The molecule has 0 radical (unpaired) electrons. The van der Waals surface area contributed by atoms with Crippen LogP contribution in [0.15, 0.2) is 0 Å². The van der Waals surface area contributed by atoms with E-state index < -0.39 is 9.84 Å². The second-order valence-electron chi connectivity index (χ2n) is 5.44. The normalized spacial score (nSPS) is 22.3. The molecular weight excluding hydrogens is 234 g/mol. The first-order chi connectivity index (χ1) is 7.95. The van der Waals surface area contributed by atoms with Crippen molar-refractivity contribution in [2.24, 2.45) is 5.92 Å². The maximum atomic E-state index is 11.6. The minimum Gasteiger partial charge on any atom is -0.313 e. The lowest BCUT2D eigenvalue weighted by Gasteiger charge is -2.30. The molecule has 4 heteroatoms. The summed E-state index contributed by atoms with van der Waals surface area (Å²) in [5, 5.41) is 3.08. The van der Waals surface area contributed by atoms with Crippen molar-refractivity contribution in [1.82, 2.24) is 5.32 Å². The van der Waals surface area contributed by atoms with Crippen molar-refractivity contribution in [1.29, 1.82) is 0 Å². The van der Waals surface area contributed by atoms with Gasteiger partial charge in [-0.2, -0.15) is 0 Å². The van der Waals surface area contributed by atoms with Crippen LogP contribution in [-0.4, -0.2) is 32.5 Å². The summed E-state index contributed by atoms with van der Waals surface area (Å²) in [5.41, 5.74) is 0. The van der Waals surface area contributed by atoms with Gasteiger partial charge in [-0.1, -0.05) is 39.0 Å². The summed E-state index contributed by atoms with van der Waals surface area (Å²) in [6.45, 7) is 4.73. The van der Waals surface area contributed by atoms with E-state index in [1.165, 1.54) is 38.4 Å². The smallest absolute Gasteiger partial charge is 0.151 e. The average molecular weight is 261 g/mol. The standard InChI is InChI=1S/C13H27NO2S/c1-4-14-13(11(2)17(3,15)16)10-12-8-6-5-7-9-12/h11-14H,4-10H2,1-3H3. The van der Waals surface area contributed by atoms with Gasteiger partial charge in [0.25, 0.3) is 0 Å². The van der Waals surface area contributed by atoms with Gasteiger partial charge in [0.2, 0.25) is 0 Å². The highest BCUT2D eigenvalue weighted by atomic mass is 32.2. The first kappa shape index (κ1) is 15.0. The molecule has 0 aromatic carbocycles. The predicted molar refractivity (Wildman–Crippen MR) is 73.0 cm³/mol. The van der Waals surface area contributed by atoms with Crippen LogP contribution in [0.5, 0.6) is 0 Å². The van der Waals surface area contributed by atoms with Crippen LogP contribution in [0.2, 0.25) is 0 Å². The third-order valence-corrected chi connectivity index (χ3v) is 5.70. The summed E-state index contributed by atoms with van der Waals surface area (Å²) in [6, 6.07) is 0.123. The Morgan fingerprint density at radius 2 is 1.82 bits per heavy atom. The van der Waals surface area contributed by atoms with E-state index in [2.05, 4.69) is 5.32 Å². The van der Waals surface area contributed by atoms with Gasteiger partial charge in [-0.25, -0.2) is 8.42 Å². The lowest BCUT2D eigenvalue weighted by Crippen LogP contribution is -2.43. The van der Waals surface area contributed by atoms with Gasteiger partial charge >= 0.3 is 0 Å². The van der Waals surface area contributed by atoms with Gasteiger partial charge in [0, 0.05) is 12.3 Å². The number of rotatable bonds is 6. The Kier molecular flexibility index (Phi) is 5.93. The second-order valence-corrected chi connectivity index (χ2v) is 7.84. The summed E-state index contributed by atoms with van der Waals surface area (Å²) < 4.78 is 23.3. The van der Waals surface area contributed by atoms with Crippen LogP contribution in [0.1, 0.15) is 52.4 Å². The van der Waals surface area contributed by atoms with E-state index in [1.807, 2.05) is 13.8 Å². The van der Waals surface area contributed by atoms with Gasteiger partial charge in [0.15, 0.2) is 9.84 Å². The largest absolute Gasteiger partial charge is 0.313 e. The lowest BCUT2D eigenvalue weighted by molar-refractivity contribution is 0.296. The monoisotopic (exact) mass is 261 g/mol. The summed E-state index contributed by atoms with van der Waals surface area (Å²) >= 11 is 0. The topological polar surface area (TPSA) is 46.2 Å². The molecule has 3 nitrogen and oxygen atoms in total. The van der Waals surface area contributed by atoms with E-state index in [4.69, 9.17) is 0 Å². The van der Waals surface area contributed by atoms with Gasteiger partial charge in [-0.05, 0) is 25.8 Å². The molecule has 1 saturated carbocycles. The van der Waals surface area contributed by atoms with Crippen molar-refractivity contribution in [3.63, 3.8) is 0 Å². The highest BCUT2D eigenvalue weighted by molar-refractivity contribution is 7.91. The molecule has 1 rings (SSSR count). The van der Waals surface area contributed by atoms with Crippen molar-refractivity contribution in [3.8, 4) is 0 Å². The molecule has 1 aliphatic rings. The van der Waals surface area contributed by atoms with E-state index in [0.29, 0.717) is 0 Å². The third kappa shape index (κ3) is 4.96. The van der Waals surface area contributed by atoms with Gasteiger partial charge < -0.3 is 5.32 Å². The van der Waals surface area contributed by atoms with Crippen molar-refractivity contribution < 1.29 is 8.42 Å². The van der Waals surface area contributed by atoms with Crippen LogP contribution in [0, 0.1) is 5.92 Å². The summed E-state index contributed by atoms with van der Waals surface area (Å²) in [7, 11) is -2.94. The fraction of sp³-hybridized carbons (Fsp3) is 1.00. The SMILES string of the molecule is CCNC(CC1CCCCC1)C(C)S(C)(=O)=O. The average Bonchev–Trinajstić information content (AvgIpc) is 2.28. The zero-order chi connectivity index (χ0) is 12.9. The molecule has 0 bridgehead atoms. The molecule has 0 spiro atoms. The van der Waals surface area contributed by atoms with Crippen LogP contribution in [-0.2, 0) is 9.84 Å². The number of hydrogen-bond acceptors (Lipinski definition) is 3. The van der Waals surface area contributed by atoms with Crippen molar-refractivity contribution in [2.75, 3.05) is 12.8 Å². The molecule has 2 atom stereocenters. The third-order valence-electron chi connectivity index (χ3n) is 4.02. The fourth-order valence-electron chi connectivity index (χ4n) is 2.78. The van der Waals surface area contributed by atoms with Gasteiger partial charge in [0.1, 0.15) is 0 Å². The maximum absolute atomic E-state index is 11.6. The quantitative estimate of drug-likeness (QED) is 0.798. The molecule has 0 heterocycles. The number of sulfone groups is 1. The molecule has 102 valence electrons. The van der Waals surface area contributed by atoms with E-state index in [9.17, 15) is 8.42 Å². The van der Waals surface area contributed by atoms with E-state index in [1.54, 1.807) is 0 Å². The van der Waals surface area contributed by atoms with Crippen LogP contribution in [0.25, 0.3) is 0 Å². The van der Waals surface area contributed by atoms with E-state index >= 15 is 0 Å². The molecule has 0 aromatic rings. The molecule has 1 aliphatic carbocycles. The van der Waals surface area contributed by atoms with Crippen molar-refractivity contribution in [2.45, 2.75) is 63.7 Å². The molecule has 0 aliphatic heterocycles. The lowest BCUT2D eigenvalue weighted by atomic mass is 9.84. The predicted octanol–water partition coefficient (Wildman–Crippen LogP) is 2.37. The van der Waals surface area contributed by atoms with Gasteiger partial charge in [0.05, 0.1) is 5.25 Å². The van der Waals surface area contributed by atoms with E-state index in [-0.39, 0.29) is 11.3 Å². The molecule has 1 N–H and O–H groups in total. The maximum Gasteiger partial charge on any atom is 0.151 e. The molecule has 0 saturated heterocycles. The Balaban J connectivity index is 2.58. The van der Waals surface area contributed by atoms with E-state index in [0.717, 1.165) is 18.9 Å². The van der Waals surface area contributed by atoms with Gasteiger partial charge in [-0.3, -0.25) is 0 Å². The summed E-state index contributed by atoms with van der Waals surface area (Å²) in [4.78, 5) is 0. The van der Waals surface area contributed by atoms with Crippen LogP contribution >= 0.6 is 0 Å². The molecule has 0 aromatic heterocycles. The van der Waals surface area contributed by atoms with Crippen LogP contribution in [0.4, 0.5) is 0 Å². The first-order valence-corrected chi connectivity index (χ1v) is 8.82. The fourth-order valence-corrected chi connectivity index (χ4v) is 3.59. The molecule has 2 unspecified atom stereocenters. The Bertz CT molecular complexity index is 307. The Morgan fingerprint density at radius 1 is 1.24 bits per heavy atom.